The average molecular weight is 156 g/mol. The molecule has 6 heteroatoms. The normalized spacial score (nSPS) is 6.50. The van der Waals surface area contributed by atoms with Crippen LogP contribution in [0, 0.1) is 10.8 Å². The van der Waals surface area contributed by atoms with Gasteiger partial charge in [-0.25, -0.2) is 0 Å². The van der Waals surface area contributed by atoms with Gasteiger partial charge in [0.1, 0.15) is 0 Å². The zero-order valence-corrected chi connectivity index (χ0v) is 5.21. The van der Waals surface area contributed by atoms with Crippen molar-refractivity contribution in [3.63, 3.8) is 0 Å². The quantitative estimate of drug-likeness (QED) is 0.165. The van der Waals surface area contributed by atoms with Gasteiger partial charge in [0.2, 0.25) is 0 Å². The largest absolute Gasteiger partial charge is 0.370 e. The van der Waals surface area contributed by atoms with E-state index in [-0.39, 0.29) is 29.0 Å². The molecule has 0 saturated carbocycles. The molecule has 0 aliphatic carbocycles. The summed E-state index contributed by atoms with van der Waals surface area (Å²) in [7, 11) is 0. The van der Waals surface area contributed by atoms with Crippen molar-refractivity contribution in [3.8, 4) is 0 Å². The van der Waals surface area contributed by atoms with Gasteiger partial charge in [0.15, 0.2) is 11.9 Å². The smallest absolute Gasteiger partial charge is 0.192 e. The zero-order chi connectivity index (χ0) is 5.86. The number of nitrogens with one attached hydrogen (secondary N) is 3. The van der Waals surface area contributed by atoms with Crippen LogP contribution in [0.1, 0.15) is 0 Å². The van der Waals surface area contributed by atoms with Crippen molar-refractivity contribution in [2.75, 3.05) is 0 Å². The molecule has 0 unspecified atom stereocenters. The Morgan fingerprint density at radius 2 is 1.38 bits per heavy atom. The third kappa shape index (κ3) is 8.98. The van der Waals surface area contributed by atoms with Gasteiger partial charge in [-0.3, -0.25) is 16.1 Å². The van der Waals surface area contributed by atoms with Crippen molar-refractivity contribution in [1.82, 2.24) is 5.32 Å². The second kappa shape index (κ2) is 4.42. The van der Waals surface area contributed by atoms with Gasteiger partial charge in [-0.15, -0.1) is 0 Å². The second-order valence-electron chi connectivity index (χ2n) is 0.952. The maximum Gasteiger partial charge on any atom is 0.192 e. The molecule has 0 aromatic carbocycles. The van der Waals surface area contributed by atoms with Crippen molar-refractivity contribution in [2.24, 2.45) is 11.5 Å². The first-order chi connectivity index (χ1) is 3.13. The van der Waals surface area contributed by atoms with E-state index in [1.54, 1.807) is 0 Å². The number of hydrogen-bond donors (Lipinski definition) is 5. The summed E-state index contributed by atoms with van der Waals surface area (Å²) in [6.45, 7) is 0. The van der Waals surface area contributed by atoms with Crippen molar-refractivity contribution in [2.45, 2.75) is 0 Å². The van der Waals surface area contributed by atoms with Crippen LogP contribution in [0.2, 0.25) is 0 Å². The van der Waals surface area contributed by atoms with Gasteiger partial charge >= 0.3 is 0 Å². The molecular formula is C2H7MnN5. The Hall–Kier alpha value is -0.741. The number of nitrogens with two attached hydrogens (primary N) is 2. The number of guanidine groups is 2. The molecule has 47 valence electrons. The van der Waals surface area contributed by atoms with E-state index in [1.165, 1.54) is 0 Å². The first-order valence-corrected chi connectivity index (χ1v) is 1.58. The number of hydrogen-bond acceptors (Lipinski definition) is 2. The van der Waals surface area contributed by atoms with Crippen LogP contribution in [0.3, 0.4) is 0 Å². The molecule has 0 aliphatic rings. The monoisotopic (exact) mass is 156 g/mol. The third-order valence-corrected chi connectivity index (χ3v) is 0.269. The first-order valence-electron chi connectivity index (χ1n) is 1.58. The van der Waals surface area contributed by atoms with Crippen molar-refractivity contribution in [3.05, 3.63) is 0 Å². The van der Waals surface area contributed by atoms with Gasteiger partial charge in [-0.05, 0) is 0 Å². The van der Waals surface area contributed by atoms with Crippen LogP contribution in [0.25, 0.3) is 0 Å². The summed E-state index contributed by atoms with van der Waals surface area (Å²) in [5.41, 5.74) is 9.49. The van der Waals surface area contributed by atoms with Crippen molar-refractivity contribution >= 4 is 11.9 Å². The molecule has 0 spiro atoms. The fourth-order valence-corrected chi connectivity index (χ4v) is 0.145. The molecule has 0 saturated heterocycles. The molecule has 0 fully saturated rings. The summed E-state index contributed by atoms with van der Waals surface area (Å²) < 4.78 is 0. The third-order valence-electron chi connectivity index (χ3n) is 0.269. The summed E-state index contributed by atoms with van der Waals surface area (Å²) >= 11 is 0. The van der Waals surface area contributed by atoms with E-state index < -0.39 is 0 Å². The molecule has 1 radical (unpaired) electrons. The molecule has 0 aromatic rings. The Kier molecular flexibility index (Phi) is 5.68. The molecule has 0 atom stereocenters. The molecule has 0 rings (SSSR count). The molecule has 7 N–H and O–H groups in total. The molecule has 0 aromatic heterocycles. The molecule has 8 heavy (non-hydrogen) atoms. The van der Waals surface area contributed by atoms with Crippen molar-refractivity contribution in [1.29, 1.82) is 10.8 Å². The molecular weight excluding hydrogens is 149 g/mol. The van der Waals surface area contributed by atoms with E-state index >= 15 is 0 Å². The Balaban J connectivity index is 0. The van der Waals surface area contributed by atoms with Gasteiger partial charge in [-0.1, -0.05) is 0 Å². The molecule has 0 aliphatic heterocycles. The average Bonchev–Trinajstić information content (AvgIpc) is 1.27. The maximum atomic E-state index is 6.47. The van der Waals surface area contributed by atoms with Gasteiger partial charge in [0.05, 0.1) is 0 Å². The van der Waals surface area contributed by atoms with Crippen LogP contribution in [0.5, 0.6) is 0 Å². The fraction of sp³-hybridized carbons (Fsp3) is 0. The standard InChI is InChI=1S/C2H7N5.Mn/c3-1(4)7-2(5)6;/h(H7,3,4,5,6,7);. The topological polar surface area (TPSA) is 112 Å². The Morgan fingerprint density at radius 1 is 1.12 bits per heavy atom. The summed E-state index contributed by atoms with van der Waals surface area (Å²) in [5.74, 6) is -0.625. The zero-order valence-electron chi connectivity index (χ0n) is 4.03. The van der Waals surface area contributed by atoms with Gasteiger partial charge in [-0.2, -0.15) is 0 Å². The SMILES string of the molecule is N=C(N)NC(=N)N.[Mn]. The first kappa shape index (κ1) is 10.3. The maximum absolute atomic E-state index is 6.47. The van der Waals surface area contributed by atoms with Crippen LogP contribution in [0.4, 0.5) is 0 Å². The summed E-state index contributed by atoms with van der Waals surface area (Å²) in [5, 5.41) is 15.0. The van der Waals surface area contributed by atoms with Crippen LogP contribution in [0.15, 0.2) is 0 Å². The predicted molar refractivity (Wildman–Crippen MR) is 27.0 cm³/mol. The molecule has 0 bridgehead atoms. The predicted octanol–water partition coefficient (Wildman–Crippen LogP) is -1.64. The van der Waals surface area contributed by atoms with Crippen LogP contribution in [-0.4, -0.2) is 11.9 Å². The summed E-state index contributed by atoms with van der Waals surface area (Å²) in [6.07, 6.45) is 0. The van der Waals surface area contributed by atoms with E-state index in [0.717, 1.165) is 0 Å². The van der Waals surface area contributed by atoms with Gasteiger partial charge < -0.3 is 11.5 Å². The summed E-state index contributed by atoms with van der Waals surface area (Å²) in [6, 6.07) is 0. The van der Waals surface area contributed by atoms with E-state index in [0.29, 0.717) is 0 Å². The van der Waals surface area contributed by atoms with Gasteiger partial charge in [0.25, 0.3) is 0 Å². The van der Waals surface area contributed by atoms with E-state index in [2.05, 4.69) is 0 Å². The minimum Gasteiger partial charge on any atom is -0.370 e. The Morgan fingerprint density at radius 3 is 1.38 bits per heavy atom. The van der Waals surface area contributed by atoms with E-state index in [9.17, 15) is 0 Å². The second-order valence-corrected chi connectivity index (χ2v) is 0.952. The molecule has 0 amide bonds. The van der Waals surface area contributed by atoms with Crippen LogP contribution < -0.4 is 16.8 Å². The minimum absolute atomic E-state index is 0. The van der Waals surface area contributed by atoms with Crippen LogP contribution in [-0.2, 0) is 17.1 Å². The van der Waals surface area contributed by atoms with Gasteiger partial charge in [0, 0.05) is 17.1 Å². The Labute approximate surface area is 57.3 Å². The summed E-state index contributed by atoms with van der Waals surface area (Å²) in [4.78, 5) is 0. The number of rotatable bonds is 0. The van der Waals surface area contributed by atoms with E-state index in [1.807, 2.05) is 5.32 Å². The van der Waals surface area contributed by atoms with E-state index in [4.69, 9.17) is 22.3 Å². The minimum atomic E-state index is -0.312. The van der Waals surface area contributed by atoms with Crippen LogP contribution >= 0.6 is 0 Å². The molecule has 5 nitrogen and oxygen atoms in total. The fourth-order valence-electron chi connectivity index (χ4n) is 0.145. The van der Waals surface area contributed by atoms with Crippen molar-refractivity contribution < 1.29 is 17.1 Å². The molecule has 0 heterocycles. The Bertz CT molecular complexity index is 86.6.